The molecule has 1 aromatic carbocycles. The predicted octanol–water partition coefficient (Wildman–Crippen LogP) is 0.590. The number of hydrogen-bond donors (Lipinski definition) is 2. The fourth-order valence-corrected chi connectivity index (χ4v) is 1.90. The lowest BCUT2D eigenvalue weighted by Crippen LogP contribution is -2.41. The second kappa shape index (κ2) is 5.60. The minimum absolute atomic E-state index is 0.200. The van der Waals surface area contributed by atoms with Crippen molar-refractivity contribution >= 4 is 11.9 Å². The average Bonchev–Trinajstić information content (AvgIpc) is 2.37. The van der Waals surface area contributed by atoms with Gasteiger partial charge in [0.15, 0.2) is 11.5 Å². The molecule has 1 aliphatic heterocycles. The van der Waals surface area contributed by atoms with Gasteiger partial charge >= 0.3 is 5.97 Å². The first-order valence-electron chi connectivity index (χ1n) is 5.94. The first-order chi connectivity index (χ1) is 9.06. The summed E-state index contributed by atoms with van der Waals surface area (Å²) in [6.07, 6.45) is 0.200. The van der Waals surface area contributed by atoms with Gasteiger partial charge < -0.3 is 19.9 Å². The van der Waals surface area contributed by atoms with Gasteiger partial charge in [-0.15, -0.1) is 0 Å². The van der Waals surface area contributed by atoms with Crippen LogP contribution in [0.5, 0.6) is 11.5 Å². The molecular weight excluding hydrogens is 250 g/mol. The SMILES string of the molecule is CC(=O)N[C@H](Cc1ccc2c(c1)OCCO2)C(=O)O. The van der Waals surface area contributed by atoms with Gasteiger partial charge in [0.1, 0.15) is 19.3 Å². The Bertz CT molecular complexity index is 500. The molecule has 2 N–H and O–H groups in total. The normalized spacial score (nSPS) is 14.6. The number of aliphatic carboxylic acids is 1. The summed E-state index contributed by atoms with van der Waals surface area (Å²) in [6.45, 7) is 2.28. The smallest absolute Gasteiger partial charge is 0.326 e. The lowest BCUT2D eigenvalue weighted by molar-refractivity contribution is -0.141. The van der Waals surface area contributed by atoms with E-state index in [4.69, 9.17) is 14.6 Å². The summed E-state index contributed by atoms with van der Waals surface area (Å²) in [5.74, 6) is -0.174. The molecule has 1 aromatic rings. The molecule has 6 heteroatoms. The lowest BCUT2D eigenvalue weighted by Gasteiger charge is -2.20. The van der Waals surface area contributed by atoms with E-state index in [2.05, 4.69) is 5.32 Å². The maximum atomic E-state index is 11.1. The molecule has 1 aliphatic rings. The topological polar surface area (TPSA) is 84.9 Å². The van der Waals surface area contributed by atoms with Crippen molar-refractivity contribution in [3.8, 4) is 11.5 Å². The number of hydrogen-bond acceptors (Lipinski definition) is 4. The van der Waals surface area contributed by atoms with Gasteiger partial charge in [-0.25, -0.2) is 4.79 Å². The van der Waals surface area contributed by atoms with Crippen LogP contribution in [0.4, 0.5) is 0 Å². The summed E-state index contributed by atoms with van der Waals surface area (Å²) < 4.78 is 10.8. The lowest BCUT2D eigenvalue weighted by atomic mass is 10.1. The molecule has 0 radical (unpaired) electrons. The van der Waals surface area contributed by atoms with Gasteiger partial charge in [0, 0.05) is 13.3 Å². The Kier molecular flexibility index (Phi) is 3.89. The van der Waals surface area contributed by atoms with E-state index in [1.807, 2.05) is 0 Å². The second-order valence-corrected chi connectivity index (χ2v) is 4.27. The zero-order valence-corrected chi connectivity index (χ0v) is 10.5. The van der Waals surface area contributed by atoms with Gasteiger partial charge in [0.25, 0.3) is 0 Å². The van der Waals surface area contributed by atoms with Crippen LogP contribution in [0.1, 0.15) is 12.5 Å². The third-order valence-corrected chi connectivity index (χ3v) is 2.72. The van der Waals surface area contributed by atoms with Gasteiger partial charge in [-0.2, -0.15) is 0 Å². The molecule has 0 bridgehead atoms. The Balaban J connectivity index is 2.12. The van der Waals surface area contributed by atoms with E-state index in [1.54, 1.807) is 18.2 Å². The third-order valence-electron chi connectivity index (χ3n) is 2.72. The standard InChI is InChI=1S/C13H15NO5/c1-8(15)14-10(13(16)17)6-9-2-3-11-12(7-9)19-5-4-18-11/h2-3,7,10H,4-6H2,1H3,(H,14,15)(H,16,17)/t10-/m1/s1. The van der Waals surface area contributed by atoms with Crippen LogP contribution in [0.3, 0.4) is 0 Å². The van der Waals surface area contributed by atoms with E-state index >= 15 is 0 Å². The Morgan fingerprint density at radius 3 is 2.63 bits per heavy atom. The molecule has 0 aromatic heterocycles. The van der Waals surface area contributed by atoms with Crippen LogP contribution in [0, 0.1) is 0 Å². The summed E-state index contributed by atoms with van der Waals surface area (Å²) in [5.41, 5.74) is 0.769. The number of nitrogens with one attached hydrogen (secondary N) is 1. The van der Waals surface area contributed by atoms with Crippen molar-refractivity contribution < 1.29 is 24.2 Å². The van der Waals surface area contributed by atoms with E-state index in [9.17, 15) is 9.59 Å². The molecule has 6 nitrogen and oxygen atoms in total. The molecular formula is C13H15NO5. The van der Waals surface area contributed by atoms with Crippen molar-refractivity contribution in [3.63, 3.8) is 0 Å². The molecule has 0 unspecified atom stereocenters. The molecule has 0 fully saturated rings. The molecule has 1 heterocycles. The number of benzene rings is 1. The van der Waals surface area contributed by atoms with Gasteiger partial charge in [-0.3, -0.25) is 4.79 Å². The number of amides is 1. The Hall–Kier alpha value is -2.24. The van der Waals surface area contributed by atoms with Gasteiger partial charge in [-0.1, -0.05) is 6.07 Å². The fourth-order valence-electron chi connectivity index (χ4n) is 1.90. The van der Waals surface area contributed by atoms with Crippen molar-refractivity contribution in [2.75, 3.05) is 13.2 Å². The van der Waals surface area contributed by atoms with Crippen molar-refractivity contribution in [2.45, 2.75) is 19.4 Å². The Labute approximate surface area is 110 Å². The Morgan fingerprint density at radius 1 is 1.32 bits per heavy atom. The summed E-state index contributed by atoms with van der Waals surface area (Å²) in [4.78, 5) is 22.0. The number of fused-ring (bicyclic) bond motifs is 1. The van der Waals surface area contributed by atoms with E-state index in [0.717, 1.165) is 5.56 Å². The van der Waals surface area contributed by atoms with Crippen molar-refractivity contribution in [1.29, 1.82) is 0 Å². The van der Waals surface area contributed by atoms with Gasteiger partial charge in [0.05, 0.1) is 0 Å². The number of ether oxygens (including phenoxy) is 2. The summed E-state index contributed by atoms with van der Waals surface area (Å²) >= 11 is 0. The first-order valence-corrected chi connectivity index (χ1v) is 5.94. The highest BCUT2D eigenvalue weighted by atomic mass is 16.6. The molecule has 102 valence electrons. The molecule has 0 saturated heterocycles. The zero-order chi connectivity index (χ0) is 13.8. The van der Waals surface area contributed by atoms with Crippen LogP contribution in [-0.4, -0.2) is 36.2 Å². The number of carbonyl (C=O) groups excluding carboxylic acids is 1. The first kappa shape index (κ1) is 13.2. The quantitative estimate of drug-likeness (QED) is 0.832. The van der Waals surface area contributed by atoms with Crippen molar-refractivity contribution in [3.05, 3.63) is 23.8 Å². The number of carboxylic acids is 1. The minimum Gasteiger partial charge on any atom is -0.486 e. The van der Waals surface area contributed by atoms with E-state index in [-0.39, 0.29) is 12.3 Å². The molecule has 19 heavy (non-hydrogen) atoms. The summed E-state index contributed by atoms with van der Waals surface area (Å²) in [5, 5.41) is 11.4. The highest BCUT2D eigenvalue weighted by Gasteiger charge is 2.20. The highest BCUT2D eigenvalue weighted by Crippen LogP contribution is 2.31. The van der Waals surface area contributed by atoms with E-state index in [0.29, 0.717) is 24.7 Å². The predicted molar refractivity (Wildman–Crippen MR) is 66.4 cm³/mol. The van der Waals surface area contributed by atoms with E-state index < -0.39 is 12.0 Å². The largest absolute Gasteiger partial charge is 0.486 e. The summed E-state index contributed by atoms with van der Waals surface area (Å²) in [6, 6.07) is 4.31. The van der Waals surface area contributed by atoms with Gasteiger partial charge in [-0.05, 0) is 17.7 Å². The highest BCUT2D eigenvalue weighted by molar-refractivity contribution is 5.82. The zero-order valence-electron chi connectivity index (χ0n) is 10.5. The Morgan fingerprint density at radius 2 is 2.00 bits per heavy atom. The van der Waals surface area contributed by atoms with Crippen LogP contribution in [0.25, 0.3) is 0 Å². The number of carbonyl (C=O) groups is 2. The van der Waals surface area contributed by atoms with Crippen molar-refractivity contribution in [1.82, 2.24) is 5.32 Å². The van der Waals surface area contributed by atoms with Crippen LogP contribution < -0.4 is 14.8 Å². The molecule has 0 saturated carbocycles. The molecule has 1 atom stereocenters. The van der Waals surface area contributed by atoms with Crippen LogP contribution in [0.2, 0.25) is 0 Å². The molecule has 2 rings (SSSR count). The monoisotopic (exact) mass is 265 g/mol. The molecule has 1 amide bonds. The molecule has 0 aliphatic carbocycles. The second-order valence-electron chi connectivity index (χ2n) is 4.27. The number of carboxylic acid groups (broad SMARTS) is 1. The maximum Gasteiger partial charge on any atom is 0.326 e. The molecule has 0 spiro atoms. The maximum absolute atomic E-state index is 11.1. The van der Waals surface area contributed by atoms with E-state index in [1.165, 1.54) is 6.92 Å². The third kappa shape index (κ3) is 3.37. The van der Waals surface area contributed by atoms with Crippen LogP contribution in [0.15, 0.2) is 18.2 Å². The number of rotatable bonds is 4. The van der Waals surface area contributed by atoms with Gasteiger partial charge in [0.2, 0.25) is 5.91 Å². The summed E-state index contributed by atoms with van der Waals surface area (Å²) in [7, 11) is 0. The van der Waals surface area contributed by atoms with Crippen LogP contribution >= 0.6 is 0 Å². The van der Waals surface area contributed by atoms with Crippen molar-refractivity contribution in [2.24, 2.45) is 0 Å². The minimum atomic E-state index is -1.06. The van der Waals surface area contributed by atoms with Crippen LogP contribution in [-0.2, 0) is 16.0 Å². The average molecular weight is 265 g/mol. The fraction of sp³-hybridized carbons (Fsp3) is 0.385.